The SMILES string of the molecule is Cc1cc(C)cc(-c2noc(C3CC3)c2CBr)c1. The molecule has 0 radical (unpaired) electrons. The van der Waals surface area contributed by atoms with Gasteiger partial charge in [0.15, 0.2) is 0 Å². The molecule has 0 spiro atoms. The zero-order valence-corrected chi connectivity index (χ0v) is 12.3. The topological polar surface area (TPSA) is 26.0 Å². The molecule has 1 saturated carbocycles. The van der Waals surface area contributed by atoms with Crippen LogP contribution in [0.15, 0.2) is 22.7 Å². The Bertz CT molecular complexity index is 564. The van der Waals surface area contributed by atoms with E-state index in [1.165, 1.54) is 29.5 Å². The highest BCUT2D eigenvalue weighted by atomic mass is 79.9. The lowest BCUT2D eigenvalue weighted by atomic mass is 10.0. The van der Waals surface area contributed by atoms with Crippen LogP contribution in [-0.4, -0.2) is 5.16 Å². The van der Waals surface area contributed by atoms with Gasteiger partial charge in [-0.1, -0.05) is 38.3 Å². The molecule has 2 nitrogen and oxygen atoms in total. The highest BCUT2D eigenvalue weighted by Crippen LogP contribution is 2.44. The summed E-state index contributed by atoms with van der Waals surface area (Å²) in [5.41, 5.74) is 5.92. The molecule has 1 heterocycles. The second kappa shape index (κ2) is 4.54. The first-order valence-corrected chi connectivity index (χ1v) is 7.44. The maximum absolute atomic E-state index is 5.56. The molecule has 0 unspecified atom stereocenters. The van der Waals surface area contributed by atoms with Crippen LogP contribution >= 0.6 is 15.9 Å². The molecule has 1 aromatic carbocycles. The summed E-state index contributed by atoms with van der Waals surface area (Å²) in [6.45, 7) is 4.23. The molecule has 3 heteroatoms. The van der Waals surface area contributed by atoms with Crippen LogP contribution in [0.1, 0.15) is 41.2 Å². The Morgan fingerprint density at radius 3 is 2.44 bits per heavy atom. The lowest BCUT2D eigenvalue weighted by Gasteiger charge is -2.03. The number of benzene rings is 1. The first-order chi connectivity index (χ1) is 8.69. The van der Waals surface area contributed by atoms with E-state index < -0.39 is 0 Å². The summed E-state index contributed by atoms with van der Waals surface area (Å²) in [6, 6.07) is 6.53. The number of rotatable bonds is 3. The van der Waals surface area contributed by atoms with E-state index in [2.05, 4.69) is 53.1 Å². The highest BCUT2D eigenvalue weighted by molar-refractivity contribution is 9.08. The van der Waals surface area contributed by atoms with E-state index in [9.17, 15) is 0 Å². The average molecular weight is 306 g/mol. The minimum absolute atomic E-state index is 0.602. The third-order valence-electron chi connectivity index (χ3n) is 3.40. The van der Waals surface area contributed by atoms with Crippen molar-refractivity contribution in [3.05, 3.63) is 40.6 Å². The molecule has 2 aromatic rings. The van der Waals surface area contributed by atoms with Crippen LogP contribution in [0.5, 0.6) is 0 Å². The standard InChI is InChI=1S/C15H16BrNO/c1-9-5-10(2)7-12(6-9)14-13(8-16)15(18-17-14)11-3-4-11/h5-7,11H,3-4,8H2,1-2H3. The van der Waals surface area contributed by atoms with Crippen molar-refractivity contribution in [2.75, 3.05) is 0 Å². The Morgan fingerprint density at radius 2 is 1.89 bits per heavy atom. The quantitative estimate of drug-likeness (QED) is 0.766. The molecule has 1 fully saturated rings. The lowest BCUT2D eigenvalue weighted by Crippen LogP contribution is -1.88. The number of aryl methyl sites for hydroxylation is 2. The van der Waals surface area contributed by atoms with Gasteiger partial charge >= 0.3 is 0 Å². The molecule has 1 aliphatic rings. The summed E-state index contributed by atoms with van der Waals surface area (Å²) >= 11 is 3.57. The summed E-state index contributed by atoms with van der Waals surface area (Å²) in [6.07, 6.45) is 2.48. The predicted molar refractivity (Wildman–Crippen MR) is 76.0 cm³/mol. The maximum atomic E-state index is 5.56. The Balaban J connectivity index is 2.10. The normalized spacial score (nSPS) is 15.1. The zero-order valence-electron chi connectivity index (χ0n) is 10.7. The van der Waals surface area contributed by atoms with Gasteiger partial charge in [0, 0.05) is 22.4 Å². The molecule has 3 rings (SSSR count). The van der Waals surface area contributed by atoms with Crippen molar-refractivity contribution in [3.8, 4) is 11.3 Å². The smallest absolute Gasteiger partial charge is 0.144 e. The van der Waals surface area contributed by atoms with Crippen LogP contribution in [0.3, 0.4) is 0 Å². The summed E-state index contributed by atoms with van der Waals surface area (Å²) < 4.78 is 5.56. The predicted octanol–water partition coefficient (Wildman–Crippen LogP) is 4.73. The monoisotopic (exact) mass is 305 g/mol. The Hall–Kier alpha value is -1.09. The van der Waals surface area contributed by atoms with Crippen molar-refractivity contribution in [1.29, 1.82) is 0 Å². The second-order valence-electron chi connectivity index (χ2n) is 5.16. The van der Waals surface area contributed by atoms with Crippen molar-refractivity contribution in [1.82, 2.24) is 5.16 Å². The fraction of sp³-hybridized carbons (Fsp3) is 0.400. The van der Waals surface area contributed by atoms with E-state index in [1.54, 1.807) is 0 Å². The highest BCUT2D eigenvalue weighted by Gasteiger charge is 2.32. The van der Waals surface area contributed by atoms with E-state index in [1.807, 2.05) is 0 Å². The molecule has 0 saturated heterocycles. The van der Waals surface area contributed by atoms with Crippen molar-refractivity contribution in [2.24, 2.45) is 0 Å². The van der Waals surface area contributed by atoms with Crippen molar-refractivity contribution >= 4 is 15.9 Å². The minimum atomic E-state index is 0.602. The van der Waals surface area contributed by atoms with Gasteiger partial charge in [-0.05, 0) is 38.8 Å². The molecular formula is C15H16BrNO. The molecule has 0 N–H and O–H groups in total. The van der Waals surface area contributed by atoms with Crippen LogP contribution in [0, 0.1) is 13.8 Å². The van der Waals surface area contributed by atoms with Crippen LogP contribution in [0.4, 0.5) is 0 Å². The summed E-state index contributed by atoms with van der Waals surface area (Å²) in [5.74, 6) is 1.69. The maximum Gasteiger partial charge on any atom is 0.144 e. The van der Waals surface area contributed by atoms with E-state index in [0.717, 1.165) is 22.3 Å². The van der Waals surface area contributed by atoms with Gasteiger partial charge in [0.25, 0.3) is 0 Å². The van der Waals surface area contributed by atoms with Crippen LogP contribution in [0.25, 0.3) is 11.3 Å². The van der Waals surface area contributed by atoms with Crippen molar-refractivity contribution in [2.45, 2.75) is 37.9 Å². The first kappa shape index (κ1) is 12.0. The van der Waals surface area contributed by atoms with Gasteiger partial charge in [-0.25, -0.2) is 0 Å². The molecule has 0 atom stereocenters. The largest absolute Gasteiger partial charge is 0.360 e. The Morgan fingerprint density at radius 1 is 1.22 bits per heavy atom. The number of aromatic nitrogens is 1. The Kier molecular flexibility index (Phi) is 3.02. The van der Waals surface area contributed by atoms with Gasteiger partial charge in [0.1, 0.15) is 11.5 Å². The van der Waals surface area contributed by atoms with Gasteiger partial charge < -0.3 is 4.52 Å². The molecule has 94 valence electrons. The summed E-state index contributed by atoms with van der Waals surface area (Å²) in [4.78, 5) is 0. The third kappa shape index (κ3) is 2.12. The zero-order chi connectivity index (χ0) is 12.7. The number of hydrogen-bond acceptors (Lipinski definition) is 2. The van der Waals surface area contributed by atoms with Gasteiger partial charge in [-0.15, -0.1) is 0 Å². The van der Waals surface area contributed by atoms with Gasteiger partial charge in [0.2, 0.25) is 0 Å². The minimum Gasteiger partial charge on any atom is -0.360 e. The van der Waals surface area contributed by atoms with Crippen LogP contribution < -0.4 is 0 Å². The average Bonchev–Trinajstić information content (AvgIpc) is 3.07. The van der Waals surface area contributed by atoms with Gasteiger partial charge in [-0.2, -0.15) is 0 Å². The molecule has 0 aliphatic heterocycles. The summed E-state index contributed by atoms with van der Waals surface area (Å²) in [7, 11) is 0. The third-order valence-corrected chi connectivity index (χ3v) is 3.96. The first-order valence-electron chi connectivity index (χ1n) is 6.32. The number of nitrogens with zero attached hydrogens (tertiary/aromatic N) is 1. The van der Waals surface area contributed by atoms with Crippen molar-refractivity contribution < 1.29 is 4.52 Å². The molecule has 1 aliphatic carbocycles. The van der Waals surface area contributed by atoms with Crippen LogP contribution in [-0.2, 0) is 5.33 Å². The molecule has 18 heavy (non-hydrogen) atoms. The number of halogens is 1. The van der Waals surface area contributed by atoms with E-state index in [4.69, 9.17) is 4.52 Å². The molecular weight excluding hydrogens is 290 g/mol. The summed E-state index contributed by atoms with van der Waals surface area (Å²) in [5, 5.41) is 5.11. The molecule has 1 aromatic heterocycles. The fourth-order valence-electron chi connectivity index (χ4n) is 2.46. The van der Waals surface area contributed by atoms with E-state index in [0.29, 0.717) is 5.92 Å². The lowest BCUT2D eigenvalue weighted by molar-refractivity contribution is 0.385. The number of alkyl halides is 1. The fourth-order valence-corrected chi connectivity index (χ4v) is 3.00. The van der Waals surface area contributed by atoms with E-state index >= 15 is 0 Å². The second-order valence-corrected chi connectivity index (χ2v) is 5.72. The van der Waals surface area contributed by atoms with Gasteiger partial charge in [0.05, 0.1) is 0 Å². The van der Waals surface area contributed by atoms with E-state index in [-0.39, 0.29) is 0 Å². The number of hydrogen-bond donors (Lipinski definition) is 0. The molecule has 0 bridgehead atoms. The Labute approximate surface area is 116 Å². The van der Waals surface area contributed by atoms with Crippen LogP contribution in [0.2, 0.25) is 0 Å². The van der Waals surface area contributed by atoms with Crippen molar-refractivity contribution in [3.63, 3.8) is 0 Å². The molecule has 0 amide bonds. The van der Waals surface area contributed by atoms with Gasteiger partial charge in [-0.3, -0.25) is 0 Å².